The van der Waals surface area contributed by atoms with E-state index in [1.165, 1.54) is 0 Å². The molecule has 2 heterocycles. The summed E-state index contributed by atoms with van der Waals surface area (Å²) in [6.45, 7) is 10.1. The molecule has 29 heavy (non-hydrogen) atoms. The molecule has 1 aliphatic heterocycles. The van der Waals surface area contributed by atoms with Crippen molar-refractivity contribution in [3.8, 4) is 11.3 Å². The van der Waals surface area contributed by atoms with Crippen LogP contribution in [0.5, 0.6) is 0 Å². The zero-order valence-electron chi connectivity index (χ0n) is 18.1. The summed E-state index contributed by atoms with van der Waals surface area (Å²) in [6, 6.07) is 9.32. The zero-order chi connectivity index (χ0) is 21.0. The summed E-state index contributed by atoms with van der Waals surface area (Å²) in [7, 11) is -1.15. The third-order valence-corrected chi connectivity index (χ3v) is 7.20. The monoisotopic (exact) mass is 414 g/mol. The van der Waals surface area contributed by atoms with E-state index in [1.54, 1.807) is 6.20 Å². The minimum Gasteiger partial charge on any atom is -0.360 e. The summed E-state index contributed by atoms with van der Waals surface area (Å²) >= 11 is 0. The Hall–Kier alpha value is -1.96. The van der Waals surface area contributed by atoms with Gasteiger partial charge in [-0.05, 0) is 30.5 Å². The molecule has 0 spiro atoms. The highest BCUT2D eigenvalue weighted by Crippen LogP contribution is 2.32. The van der Waals surface area contributed by atoms with E-state index in [0.717, 1.165) is 54.4 Å². The largest absolute Gasteiger partial charge is 0.360 e. The van der Waals surface area contributed by atoms with Crippen LogP contribution in [0.15, 0.2) is 30.5 Å². The van der Waals surface area contributed by atoms with Crippen molar-refractivity contribution in [3.05, 3.63) is 36.0 Å². The van der Waals surface area contributed by atoms with Gasteiger partial charge in [0.2, 0.25) is 5.91 Å². The van der Waals surface area contributed by atoms with Crippen molar-refractivity contribution in [1.29, 1.82) is 0 Å². The number of fused-ring (bicyclic) bond motifs is 4. The van der Waals surface area contributed by atoms with Gasteiger partial charge in [-0.1, -0.05) is 51.2 Å². The number of nitrogens with zero attached hydrogens (tertiary/aromatic N) is 2. The van der Waals surface area contributed by atoms with E-state index in [-0.39, 0.29) is 17.9 Å². The summed E-state index contributed by atoms with van der Waals surface area (Å²) in [5, 5.41) is 7.59. The fourth-order valence-electron chi connectivity index (χ4n) is 3.52. The average Bonchev–Trinajstić information content (AvgIpc) is 3.06. The van der Waals surface area contributed by atoms with Crippen molar-refractivity contribution in [2.45, 2.75) is 64.6 Å². The van der Waals surface area contributed by atoms with Gasteiger partial charge in [-0.15, -0.1) is 0 Å². The third-order valence-electron chi connectivity index (χ3n) is 5.50. The Bertz CT molecular complexity index is 844. The fraction of sp³-hybridized carbons (Fsp3) is 0.545. The van der Waals surface area contributed by atoms with Gasteiger partial charge < -0.3 is 15.8 Å². The number of aromatic nitrogens is 2. The second-order valence-electron chi connectivity index (χ2n) is 9.31. The lowest BCUT2D eigenvalue weighted by Crippen LogP contribution is -2.22. The van der Waals surface area contributed by atoms with E-state index in [0.29, 0.717) is 6.73 Å². The van der Waals surface area contributed by atoms with Gasteiger partial charge in [0.25, 0.3) is 0 Å². The van der Waals surface area contributed by atoms with Gasteiger partial charge in [-0.2, -0.15) is 5.10 Å². The highest BCUT2D eigenvalue weighted by molar-refractivity contribution is 6.76. The van der Waals surface area contributed by atoms with Crippen LogP contribution >= 0.6 is 0 Å². The van der Waals surface area contributed by atoms with Gasteiger partial charge in [-0.25, -0.2) is 4.68 Å². The summed E-state index contributed by atoms with van der Waals surface area (Å²) in [5.74, 6) is -0.0417. The van der Waals surface area contributed by atoms with Crippen LogP contribution in [0.25, 0.3) is 11.3 Å². The number of carbonyl (C=O) groups is 1. The molecule has 0 saturated heterocycles. The van der Waals surface area contributed by atoms with E-state index < -0.39 is 8.07 Å². The Morgan fingerprint density at radius 1 is 1.31 bits per heavy atom. The van der Waals surface area contributed by atoms with E-state index in [9.17, 15) is 4.79 Å². The van der Waals surface area contributed by atoms with Crippen molar-refractivity contribution in [3.63, 3.8) is 0 Å². The molecule has 1 aliphatic rings. The van der Waals surface area contributed by atoms with Gasteiger partial charge in [0, 0.05) is 32.2 Å². The molecule has 3 N–H and O–H groups in total. The number of benzene rings is 1. The topological polar surface area (TPSA) is 82.2 Å². The molecule has 2 bridgehead atoms. The minimum atomic E-state index is -1.15. The molecule has 2 aromatic rings. The highest BCUT2D eigenvalue weighted by atomic mass is 28.3. The predicted molar refractivity (Wildman–Crippen MR) is 120 cm³/mol. The SMILES string of the molecule is C[C@@H]1CCC[C@H](N)c2cccc(c2)-c2c(cnn2COCC[Si](C)(C)C)NC1=O. The summed E-state index contributed by atoms with van der Waals surface area (Å²) in [4.78, 5) is 12.7. The number of nitrogens with two attached hydrogens (primary N) is 1. The van der Waals surface area contributed by atoms with E-state index in [2.05, 4.69) is 42.2 Å². The number of ether oxygens (including phenoxy) is 1. The van der Waals surface area contributed by atoms with Crippen molar-refractivity contribution in [2.24, 2.45) is 11.7 Å². The molecule has 0 fully saturated rings. The number of anilines is 1. The van der Waals surface area contributed by atoms with Crippen LogP contribution in [0.4, 0.5) is 5.69 Å². The Morgan fingerprint density at radius 3 is 2.86 bits per heavy atom. The lowest BCUT2D eigenvalue weighted by atomic mass is 9.95. The molecule has 1 aromatic carbocycles. The molecular formula is C22H34N4O2Si. The van der Waals surface area contributed by atoms with Gasteiger partial charge >= 0.3 is 0 Å². The van der Waals surface area contributed by atoms with Gasteiger partial charge in [-0.3, -0.25) is 4.79 Å². The molecule has 1 aromatic heterocycles. The molecule has 3 rings (SSSR count). The van der Waals surface area contributed by atoms with Crippen LogP contribution in [0.3, 0.4) is 0 Å². The molecule has 2 atom stereocenters. The number of rotatable bonds is 5. The normalized spacial score (nSPS) is 20.4. The van der Waals surface area contributed by atoms with Crippen molar-refractivity contribution in [2.75, 3.05) is 11.9 Å². The Labute approximate surface area is 174 Å². The van der Waals surface area contributed by atoms with E-state index >= 15 is 0 Å². The van der Waals surface area contributed by atoms with E-state index in [4.69, 9.17) is 10.5 Å². The molecule has 0 radical (unpaired) electrons. The Morgan fingerprint density at radius 2 is 2.10 bits per heavy atom. The lowest BCUT2D eigenvalue weighted by Gasteiger charge is -2.19. The molecule has 0 aliphatic carbocycles. The second kappa shape index (κ2) is 9.24. The number of amides is 1. The van der Waals surface area contributed by atoms with Gasteiger partial charge in [0.1, 0.15) is 6.73 Å². The maximum atomic E-state index is 12.7. The van der Waals surface area contributed by atoms with Crippen molar-refractivity contribution < 1.29 is 9.53 Å². The molecule has 1 amide bonds. The first-order chi connectivity index (χ1) is 13.7. The summed E-state index contributed by atoms with van der Waals surface area (Å²) < 4.78 is 7.77. The van der Waals surface area contributed by atoms with Crippen molar-refractivity contribution in [1.82, 2.24) is 9.78 Å². The van der Waals surface area contributed by atoms with Gasteiger partial charge in [0.05, 0.1) is 17.6 Å². The van der Waals surface area contributed by atoms with Crippen LogP contribution in [-0.2, 0) is 16.3 Å². The first-order valence-corrected chi connectivity index (χ1v) is 14.3. The summed E-state index contributed by atoms with van der Waals surface area (Å²) in [5.41, 5.74) is 10.1. The molecular weight excluding hydrogens is 380 g/mol. The molecule has 0 saturated carbocycles. The Kier molecular flexibility index (Phi) is 6.92. The summed E-state index contributed by atoms with van der Waals surface area (Å²) in [6.07, 6.45) is 4.34. The maximum absolute atomic E-state index is 12.7. The standard InChI is InChI=1S/C22H34N4O2Si/c1-16-7-5-10-19(23)17-8-6-9-18(13-17)21-20(25-22(16)27)14-24-26(21)15-28-11-12-29(2,3)4/h6,8-9,13-14,16,19H,5,7,10-12,15,23H2,1-4H3,(H,25,27)/t16-,19+/m1/s1. The highest BCUT2D eigenvalue weighted by Gasteiger charge is 2.21. The lowest BCUT2D eigenvalue weighted by molar-refractivity contribution is -0.119. The zero-order valence-corrected chi connectivity index (χ0v) is 19.1. The molecule has 0 unspecified atom stereocenters. The average molecular weight is 415 g/mol. The smallest absolute Gasteiger partial charge is 0.227 e. The minimum absolute atomic E-state index is 0.0238. The first-order valence-electron chi connectivity index (χ1n) is 10.5. The van der Waals surface area contributed by atoms with Crippen LogP contribution in [0, 0.1) is 5.92 Å². The molecule has 158 valence electrons. The third kappa shape index (κ3) is 5.78. The van der Waals surface area contributed by atoms with Crippen LogP contribution in [-0.4, -0.2) is 30.4 Å². The van der Waals surface area contributed by atoms with Crippen molar-refractivity contribution >= 4 is 19.7 Å². The van der Waals surface area contributed by atoms with Gasteiger partial charge in [0.15, 0.2) is 0 Å². The van der Waals surface area contributed by atoms with Crippen LogP contribution in [0.1, 0.15) is 37.8 Å². The predicted octanol–water partition coefficient (Wildman–Crippen LogP) is 4.62. The number of hydrogen-bond acceptors (Lipinski definition) is 4. The Balaban J connectivity index is 1.92. The fourth-order valence-corrected chi connectivity index (χ4v) is 4.28. The first kappa shape index (κ1) is 21.7. The second-order valence-corrected chi connectivity index (χ2v) is 14.9. The van der Waals surface area contributed by atoms with E-state index in [1.807, 2.05) is 23.7 Å². The number of hydrogen-bond donors (Lipinski definition) is 2. The number of nitrogens with one attached hydrogen (secondary N) is 1. The molecule has 7 heteroatoms. The number of carbonyl (C=O) groups excluding carboxylic acids is 1. The maximum Gasteiger partial charge on any atom is 0.227 e. The molecule has 6 nitrogen and oxygen atoms in total. The van der Waals surface area contributed by atoms with Crippen LogP contribution < -0.4 is 11.1 Å². The quantitative estimate of drug-likeness (QED) is 0.552. The van der Waals surface area contributed by atoms with Crippen LogP contribution in [0.2, 0.25) is 25.7 Å².